The van der Waals surface area contributed by atoms with Crippen LogP contribution in [-0.2, 0) is 4.79 Å². The summed E-state index contributed by atoms with van der Waals surface area (Å²) in [5.41, 5.74) is 0.911. The smallest absolute Gasteiger partial charge is 0.257 e. The van der Waals surface area contributed by atoms with Gasteiger partial charge in [-0.1, -0.05) is 24.4 Å². The molecule has 5 heteroatoms. The lowest BCUT2D eigenvalue weighted by molar-refractivity contribution is -0.123. The number of halogens is 1. The van der Waals surface area contributed by atoms with Gasteiger partial charge in [-0.15, -0.1) is 0 Å². The van der Waals surface area contributed by atoms with Crippen molar-refractivity contribution < 1.29 is 14.6 Å². The molecule has 0 aromatic heterocycles. The zero-order valence-corrected chi connectivity index (χ0v) is 12.6. The van der Waals surface area contributed by atoms with Crippen LogP contribution in [0.2, 0.25) is 5.02 Å². The number of amides is 1. The molecule has 0 spiro atoms. The highest BCUT2D eigenvalue weighted by atomic mass is 35.5. The van der Waals surface area contributed by atoms with E-state index in [1.807, 2.05) is 6.92 Å². The van der Waals surface area contributed by atoms with Crippen molar-refractivity contribution in [3.05, 3.63) is 28.8 Å². The predicted molar refractivity (Wildman–Crippen MR) is 80.2 cm³/mol. The molecule has 0 bridgehead atoms. The van der Waals surface area contributed by atoms with E-state index in [2.05, 4.69) is 5.32 Å². The first-order valence-corrected chi connectivity index (χ1v) is 7.28. The van der Waals surface area contributed by atoms with Crippen LogP contribution in [0, 0.1) is 6.92 Å². The number of unbranched alkanes of at least 4 members (excludes halogenated alkanes) is 3. The number of carbonyl (C=O) groups excluding carboxylic acids is 1. The molecule has 0 saturated carbocycles. The largest absolute Gasteiger partial charge is 0.484 e. The van der Waals surface area contributed by atoms with Crippen molar-refractivity contribution >= 4 is 17.5 Å². The van der Waals surface area contributed by atoms with Gasteiger partial charge in [0.1, 0.15) is 5.75 Å². The fourth-order valence-electron chi connectivity index (χ4n) is 1.79. The van der Waals surface area contributed by atoms with E-state index in [9.17, 15) is 4.79 Å². The minimum absolute atomic E-state index is 0.0130. The molecule has 1 rings (SSSR count). The highest BCUT2D eigenvalue weighted by Gasteiger charge is 2.04. The Labute approximate surface area is 125 Å². The van der Waals surface area contributed by atoms with E-state index in [-0.39, 0.29) is 19.1 Å². The molecule has 0 fully saturated rings. The van der Waals surface area contributed by atoms with Crippen LogP contribution >= 0.6 is 11.6 Å². The number of nitrogens with one attached hydrogen (secondary N) is 1. The van der Waals surface area contributed by atoms with E-state index in [0.717, 1.165) is 31.2 Å². The van der Waals surface area contributed by atoms with E-state index in [1.54, 1.807) is 18.2 Å². The Kier molecular flexibility index (Phi) is 8.07. The summed E-state index contributed by atoms with van der Waals surface area (Å²) in [6.45, 7) is 2.78. The van der Waals surface area contributed by atoms with Gasteiger partial charge in [0, 0.05) is 18.2 Å². The highest BCUT2D eigenvalue weighted by molar-refractivity contribution is 6.30. The second kappa shape index (κ2) is 9.61. The first-order valence-electron chi connectivity index (χ1n) is 6.90. The lowest BCUT2D eigenvalue weighted by Crippen LogP contribution is -2.29. The molecule has 0 aliphatic heterocycles. The van der Waals surface area contributed by atoms with Crippen LogP contribution in [0.15, 0.2) is 18.2 Å². The fourth-order valence-corrected chi connectivity index (χ4v) is 2.01. The molecule has 1 aromatic rings. The molecule has 0 radical (unpaired) electrons. The quantitative estimate of drug-likeness (QED) is 0.689. The van der Waals surface area contributed by atoms with Crippen molar-refractivity contribution in [3.63, 3.8) is 0 Å². The zero-order chi connectivity index (χ0) is 14.8. The van der Waals surface area contributed by atoms with Crippen molar-refractivity contribution in [2.75, 3.05) is 19.8 Å². The maximum atomic E-state index is 11.6. The number of carbonyl (C=O) groups is 1. The lowest BCUT2D eigenvalue weighted by atomic mass is 10.2. The van der Waals surface area contributed by atoms with Crippen LogP contribution in [0.5, 0.6) is 5.75 Å². The van der Waals surface area contributed by atoms with Gasteiger partial charge in [0.05, 0.1) is 0 Å². The summed E-state index contributed by atoms with van der Waals surface area (Å²) in [7, 11) is 0. The molecule has 0 saturated heterocycles. The molecule has 0 unspecified atom stereocenters. The third-order valence-corrected chi connectivity index (χ3v) is 3.14. The SMILES string of the molecule is Cc1cc(Cl)ccc1OCC(=O)NCCCCCCO. The van der Waals surface area contributed by atoms with Crippen molar-refractivity contribution in [3.8, 4) is 5.75 Å². The van der Waals surface area contributed by atoms with Gasteiger partial charge >= 0.3 is 0 Å². The number of aryl methyl sites for hydroxylation is 1. The Morgan fingerprint density at radius 2 is 2.05 bits per heavy atom. The van der Waals surface area contributed by atoms with Crippen molar-refractivity contribution in [1.29, 1.82) is 0 Å². The second-order valence-electron chi connectivity index (χ2n) is 4.69. The molecular weight excluding hydrogens is 278 g/mol. The maximum absolute atomic E-state index is 11.6. The Bertz CT molecular complexity index is 424. The van der Waals surface area contributed by atoms with Crippen LogP contribution in [-0.4, -0.2) is 30.8 Å². The number of aliphatic hydroxyl groups excluding tert-OH is 1. The second-order valence-corrected chi connectivity index (χ2v) is 5.12. The number of aliphatic hydroxyl groups is 1. The summed E-state index contributed by atoms with van der Waals surface area (Å²) < 4.78 is 5.45. The molecule has 112 valence electrons. The maximum Gasteiger partial charge on any atom is 0.257 e. The van der Waals surface area contributed by atoms with E-state index < -0.39 is 0 Å². The van der Waals surface area contributed by atoms with E-state index in [4.69, 9.17) is 21.4 Å². The van der Waals surface area contributed by atoms with Crippen LogP contribution in [0.3, 0.4) is 0 Å². The average molecular weight is 300 g/mol. The van der Waals surface area contributed by atoms with Crippen LogP contribution in [0.25, 0.3) is 0 Å². The molecule has 0 aliphatic rings. The van der Waals surface area contributed by atoms with Crippen molar-refractivity contribution in [2.24, 2.45) is 0 Å². The number of benzene rings is 1. The summed E-state index contributed by atoms with van der Waals surface area (Å²) in [6.07, 6.45) is 3.75. The van der Waals surface area contributed by atoms with E-state index in [0.29, 0.717) is 17.3 Å². The first kappa shape index (κ1) is 16.8. The van der Waals surface area contributed by atoms with Gasteiger partial charge in [0.2, 0.25) is 0 Å². The third-order valence-electron chi connectivity index (χ3n) is 2.90. The first-order chi connectivity index (χ1) is 9.63. The number of ether oxygens (including phenoxy) is 1. The van der Waals surface area contributed by atoms with Gasteiger partial charge < -0.3 is 15.2 Å². The van der Waals surface area contributed by atoms with Crippen LogP contribution < -0.4 is 10.1 Å². The fraction of sp³-hybridized carbons (Fsp3) is 0.533. The highest BCUT2D eigenvalue weighted by Crippen LogP contribution is 2.21. The van der Waals surface area contributed by atoms with Gasteiger partial charge in [-0.2, -0.15) is 0 Å². The molecule has 0 atom stereocenters. The molecule has 20 heavy (non-hydrogen) atoms. The molecule has 1 aromatic carbocycles. The third kappa shape index (κ3) is 6.78. The van der Waals surface area contributed by atoms with Crippen molar-refractivity contribution in [2.45, 2.75) is 32.6 Å². The Morgan fingerprint density at radius 3 is 2.75 bits per heavy atom. The summed E-state index contributed by atoms with van der Waals surface area (Å²) in [6, 6.07) is 5.30. The minimum atomic E-state index is -0.124. The molecule has 0 aliphatic carbocycles. The van der Waals surface area contributed by atoms with Crippen molar-refractivity contribution in [1.82, 2.24) is 5.32 Å². The molecular formula is C15H22ClNO3. The average Bonchev–Trinajstić information content (AvgIpc) is 2.41. The monoisotopic (exact) mass is 299 g/mol. The Morgan fingerprint density at radius 1 is 1.30 bits per heavy atom. The minimum Gasteiger partial charge on any atom is -0.484 e. The lowest BCUT2D eigenvalue weighted by Gasteiger charge is -2.09. The number of hydrogen-bond donors (Lipinski definition) is 2. The van der Waals surface area contributed by atoms with Gasteiger partial charge in [-0.25, -0.2) is 0 Å². The zero-order valence-electron chi connectivity index (χ0n) is 11.8. The number of hydrogen-bond acceptors (Lipinski definition) is 3. The van der Waals surface area contributed by atoms with Crippen LogP contribution in [0.4, 0.5) is 0 Å². The normalized spacial score (nSPS) is 10.3. The topological polar surface area (TPSA) is 58.6 Å². The van der Waals surface area contributed by atoms with Gasteiger partial charge in [-0.05, 0) is 43.5 Å². The molecule has 4 nitrogen and oxygen atoms in total. The molecule has 2 N–H and O–H groups in total. The van der Waals surface area contributed by atoms with Gasteiger partial charge in [-0.3, -0.25) is 4.79 Å². The summed E-state index contributed by atoms with van der Waals surface area (Å²) in [4.78, 5) is 11.6. The molecule has 0 heterocycles. The number of rotatable bonds is 9. The van der Waals surface area contributed by atoms with Gasteiger partial charge in [0.25, 0.3) is 5.91 Å². The van der Waals surface area contributed by atoms with Gasteiger partial charge in [0.15, 0.2) is 6.61 Å². The summed E-state index contributed by atoms with van der Waals surface area (Å²) in [5, 5.41) is 12.1. The Hall–Kier alpha value is -1.26. The Balaban J connectivity index is 2.16. The summed E-state index contributed by atoms with van der Waals surface area (Å²) >= 11 is 5.85. The standard InChI is InChI=1S/C15H22ClNO3/c1-12-10-13(16)6-7-14(12)20-11-15(19)17-8-4-2-3-5-9-18/h6-7,10,18H,2-5,8-9,11H2,1H3,(H,17,19). The summed E-state index contributed by atoms with van der Waals surface area (Å²) in [5.74, 6) is 0.550. The van der Waals surface area contributed by atoms with E-state index in [1.165, 1.54) is 0 Å². The predicted octanol–water partition coefficient (Wildman–Crippen LogP) is 2.70. The molecule has 1 amide bonds. The van der Waals surface area contributed by atoms with E-state index >= 15 is 0 Å². The van der Waals surface area contributed by atoms with Crippen LogP contribution in [0.1, 0.15) is 31.2 Å².